The maximum Gasteiger partial charge on any atom is 0.248 e. The van der Waals surface area contributed by atoms with Crippen LogP contribution in [0.15, 0.2) is 41.3 Å². The van der Waals surface area contributed by atoms with E-state index in [0.717, 1.165) is 12.8 Å². The summed E-state index contributed by atoms with van der Waals surface area (Å²) in [6.45, 7) is 0. The Morgan fingerprint density at radius 3 is 2.09 bits per heavy atom. The molecule has 0 bridgehead atoms. The molecule has 2 N–H and O–H groups in total. The van der Waals surface area contributed by atoms with Gasteiger partial charge in [0.25, 0.3) is 0 Å². The molecular weight excluding hydrogens is 436 g/mol. The minimum Gasteiger partial charge on any atom is -0.495 e. The number of nitrogens with one attached hydrogen (secondary N) is 2. The Balaban J connectivity index is 1.81. The predicted molar refractivity (Wildman–Crippen MR) is 120 cm³/mol. The van der Waals surface area contributed by atoms with Crippen LogP contribution in [0.3, 0.4) is 0 Å². The number of hydrogen-bond acceptors (Lipinski definition) is 7. The predicted octanol–water partition coefficient (Wildman–Crippen LogP) is 2.81. The van der Waals surface area contributed by atoms with E-state index < -0.39 is 15.9 Å². The van der Waals surface area contributed by atoms with Crippen LogP contribution in [0, 0.1) is 0 Å². The maximum absolute atomic E-state index is 12.5. The van der Waals surface area contributed by atoms with E-state index in [4.69, 9.17) is 18.9 Å². The van der Waals surface area contributed by atoms with E-state index >= 15 is 0 Å². The highest BCUT2D eigenvalue weighted by Gasteiger charge is 2.28. The van der Waals surface area contributed by atoms with Gasteiger partial charge in [-0.2, -0.15) is 0 Å². The molecule has 9 nitrogen and oxygen atoms in total. The van der Waals surface area contributed by atoms with Crippen molar-refractivity contribution in [3.05, 3.63) is 42.0 Å². The first-order valence-corrected chi connectivity index (χ1v) is 11.3. The first-order chi connectivity index (χ1) is 15.3. The van der Waals surface area contributed by atoms with E-state index in [-0.39, 0.29) is 16.6 Å². The maximum atomic E-state index is 12.5. The second-order valence-electron chi connectivity index (χ2n) is 7.04. The first kappa shape index (κ1) is 23.4. The molecule has 2 aromatic rings. The SMILES string of the molecule is COc1ccc(S(=O)(=O)NC2CC2)cc1NC(=O)/C=C/c1cc(OC)c(OC)c(OC)c1. The molecule has 3 rings (SSSR count). The lowest BCUT2D eigenvalue weighted by Gasteiger charge is -2.13. The highest BCUT2D eigenvalue weighted by atomic mass is 32.2. The summed E-state index contributed by atoms with van der Waals surface area (Å²) < 4.78 is 48.8. The summed E-state index contributed by atoms with van der Waals surface area (Å²) in [7, 11) is 2.28. The van der Waals surface area contributed by atoms with Crippen molar-refractivity contribution in [2.24, 2.45) is 0 Å². The molecule has 1 aliphatic rings. The summed E-state index contributed by atoms with van der Waals surface area (Å²) in [5, 5.41) is 2.66. The lowest BCUT2D eigenvalue weighted by atomic mass is 10.1. The molecule has 0 atom stereocenters. The second kappa shape index (κ2) is 9.92. The number of amides is 1. The average molecular weight is 463 g/mol. The zero-order chi connectivity index (χ0) is 23.3. The number of rotatable bonds is 10. The Bertz CT molecular complexity index is 1100. The molecule has 10 heteroatoms. The highest BCUT2D eigenvalue weighted by molar-refractivity contribution is 7.89. The summed E-state index contributed by atoms with van der Waals surface area (Å²) in [6, 6.07) is 7.67. The van der Waals surface area contributed by atoms with Gasteiger partial charge in [0.05, 0.1) is 39.0 Å². The molecule has 32 heavy (non-hydrogen) atoms. The number of hydrogen-bond donors (Lipinski definition) is 2. The highest BCUT2D eigenvalue weighted by Crippen LogP contribution is 2.38. The van der Waals surface area contributed by atoms with Gasteiger partial charge >= 0.3 is 0 Å². The molecule has 1 amide bonds. The molecule has 0 radical (unpaired) electrons. The smallest absolute Gasteiger partial charge is 0.248 e. The molecule has 0 heterocycles. The summed E-state index contributed by atoms with van der Waals surface area (Å²) in [5.74, 6) is 1.22. The molecule has 0 unspecified atom stereocenters. The molecule has 1 aliphatic carbocycles. The third-order valence-corrected chi connectivity index (χ3v) is 6.27. The van der Waals surface area contributed by atoms with Crippen molar-refractivity contribution in [3.63, 3.8) is 0 Å². The number of sulfonamides is 1. The van der Waals surface area contributed by atoms with Gasteiger partial charge in [0, 0.05) is 12.1 Å². The van der Waals surface area contributed by atoms with Crippen LogP contribution in [-0.4, -0.2) is 48.8 Å². The minimum absolute atomic E-state index is 0.0263. The van der Waals surface area contributed by atoms with Gasteiger partial charge in [-0.15, -0.1) is 0 Å². The lowest BCUT2D eigenvalue weighted by Crippen LogP contribution is -2.25. The van der Waals surface area contributed by atoms with Crippen LogP contribution in [0.5, 0.6) is 23.0 Å². The number of anilines is 1. The number of ether oxygens (including phenoxy) is 4. The lowest BCUT2D eigenvalue weighted by molar-refractivity contribution is -0.111. The number of methoxy groups -OCH3 is 4. The molecule has 0 aromatic heterocycles. The van der Waals surface area contributed by atoms with Crippen LogP contribution in [0.4, 0.5) is 5.69 Å². The molecule has 1 saturated carbocycles. The van der Waals surface area contributed by atoms with Crippen molar-refractivity contribution in [2.75, 3.05) is 33.8 Å². The third-order valence-electron chi connectivity index (χ3n) is 4.75. The quantitative estimate of drug-likeness (QED) is 0.522. The summed E-state index contributed by atoms with van der Waals surface area (Å²) in [4.78, 5) is 12.6. The van der Waals surface area contributed by atoms with Gasteiger partial charge in [-0.1, -0.05) is 0 Å². The standard InChI is InChI=1S/C22H26N2O7S/c1-28-18-9-8-16(32(26,27)24-15-6-7-15)13-17(18)23-21(25)10-5-14-11-19(29-2)22(31-4)20(12-14)30-3/h5,8-13,15,24H,6-7H2,1-4H3,(H,23,25)/b10-5+. The molecular formula is C22H26N2O7S. The van der Waals surface area contributed by atoms with Crippen molar-refractivity contribution in [1.82, 2.24) is 4.72 Å². The van der Waals surface area contributed by atoms with Crippen LogP contribution < -0.4 is 29.0 Å². The summed E-state index contributed by atoms with van der Waals surface area (Å²) >= 11 is 0. The van der Waals surface area contributed by atoms with Crippen LogP contribution in [0.25, 0.3) is 6.08 Å². The van der Waals surface area contributed by atoms with Gasteiger partial charge in [-0.3, -0.25) is 4.79 Å². The number of carbonyl (C=O) groups is 1. The normalized spacial score (nSPS) is 13.6. The number of carbonyl (C=O) groups excluding carboxylic acids is 1. The Morgan fingerprint density at radius 2 is 1.56 bits per heavy atom. The first-order valence-electron chi connectivity index (χ1n) is 9.80. The average Bonchev–Trinajstić information content (AvgIpc) is 3.60. The minimum atomic E-state index is -3.67. The van der Waals surface area contributed by atoms with E-state index in [1.54, 1.807) is 18.2 Å². The fourth-order valence-electron chi connectivity index (χ4n) is 2.98. The van der Waals surface area contributed by atoms with Crippen LogP contribution in [0.2, 0.25) is 0 Å². The summed E-state index contributed by atoms with van der Waals surface area (Å²) in [6.07, 6.45) is 4.53. The zero-order valence-electron chi connectivity index (χ0n) is 18.3. The molecule has 0 saturated heterocycles. The molecule has 2 aromatic carbocycles. The third kappa shape index (κ3) is 5.51. The Labute approximate surface area is 187 Å². The van der Waals surface area contributed by atoms with Crippen LogP contribution in [0.1, 0.15) is 18.4 Å². The molecule has 172 valence electrons. The van der Waals surface area contributed by atoms with Crippen LogP contribution >= 0.6 is 0 Å². The van der Waals surface area contributed by atoms with Gasteiger partial charge in [-0.25, -0.2) is 13.1 Å². The largest absolute Gasteiger partial charge is 0.495 e. The fourth-order valence-corrected chi connectivity index (χ4v) is 4.32. The van der Waals surface area contributed by atoms with Crippen LogP contribution in [-0.2, 0) is 14.8 Å². The van der Waals surface area contributed by atoms with Crippen molar-refractivity contribution in [2.45, 2.75) is 23.8 Å². The monoisotopic (exact) mass is 462 g/mol. The van der Waals surface area contributed by atoms with E-state index in [1.807, 2.05) is 0 Å². The van der Waals surface area contributed by atoms with E-state index in [2.05, 4.69) is 10.0 Å². The van der Waals surface area contributed by atoms with Crippen molar-refractivity contribution in [1.29, 1.82) is 0 Å². The van der Waals surface area contributed by atoms with E-state index in [0.29, 0.717) is 28.6 Å². The fraction of sp³-hybridized carbons (Fsp3) is 0.318. The summed E-state index contributed by atoms with van der Waals surface area (Å²) in [5.41, 5.74) is 0.886. The Kier molecular flexibility index (Phi) is 7.26. The second-order valence-corrected chi connectivity index (χ2v) is 8.75. The Hall–Kier alpha value is -3.24. The molecule has 0 aliphatic heterocycles. The van der Waals surface area contributed by atoms with Gasteiger partial charge in [-0.05, 0) is 54.8 Å². The topological polar surface area (TPSA) is 112 Å². The molecule has 0 spiro atoms. The van der Waals surface area contributed by atoms with E-state index in [9.17, 15) is 13.2 Å². The molecule has 1 fully saturated rings. The number of benzene rings is 2. The van der Waals surface area contributed by atoms with Crippen molar-refractivity contribution in [3.8, 4) is 23.0 Å². The zero-order valence-corrected chi connectivity index (χ0v) is 19.1. The van der Waals surface area contributed by atoms with Crippen molar-refractivity contribution < 1.29 is 32.2 Å². The Morgan fingerprint density at radius 1 is 0.938 bits per heavy atom. The van der Waals surface area contributed by atoms with Gasteiger partial charge in [0.2, 0.25) is 21.7 Å². The van der Waals surface area contributed by atoms with E-state index in [1.165, 1.54) is 52.7 Å². The van der Waals surface area contributed by atoms with Crippen molar-refractivity contribution >= 4 is 27.7 Å². The van der Waals surface area contributed by atoms with Gasteiger partial charge in [0.1, 0.15) is 5.75 Å². The van der Waals surface area contributed by atoms with Gasteiger partial charge in [0.15, 0.2) is 11.5 Å². The van der Waals surface area contributed by atoms with Gasteiger partial charge < -0.3 is 24.3 Å².